The van der Waals surface area contributed by atoms with Gasteiger partial charge < -0.3 is 10.1 Å². The molecule has 1 aliphatic carbocycles. The number of hydrogen-bond acceptors (Lipinski definition) is 4. The summed E-state index contributed by atoms with van der Waals surface area (Å²) in [5.41, 5.74) is 3.29. The van der Waals surface area contributed by atoms with Gasteiger partial charge in [-0.15, -0.1) is 0 Å². The van der Waals surface area contributed by atoms with E-state index < -0.39 is 10.0 Å². The van der Waals surface area contributed by atoms with Gasteiger partial charge in [0, 0.05) is 23.2 Å². The predicted molar refractivity (Wildman–Crippen MR) is 132 cm³/mol. The van der Waals surface area contributed by atoms with Gasteiger partial charge in [-0.25, -0.2) is 12.4 Å². The van der Waals surface area contributed by atoms with E-state index >= 15 is 0 Å². The number of para-hydroxylation sites is 1. The first-order chi connectivity index (χ1) is 15.7. The molecule has 1 aromatic heterocycles. The molecule has 1 fully saturated rings. The van der Waals surface area contributed by atoms with Crippen LogP contribution < -0.4 is 10.1 Å². The second kappa shape index (κ2) is 8.03. The fourth-order valence-corrected chi connectivity index (χ4v) is 7.10. The van der Waals surface area contributed by atoms with E-state index in [0.717, 1.165) is 23.8 Å². The SMILES string of the molecule is COc1ccc(S(=O)(=O)n2cc(CC3NC(C)(C)C4CC=C(C)C3C4)c3ccccc32)cc1. The van der Waals surface area contributed by atoms with Gasteiger partial charge in [0.2, 0.25) is 0 Å². The lowest BCUT2D eigenvalue weighted by Gasteiger charge is -2.50. The van der Waals surface area contributed by atoms with E-state index in [1.807, 2.05) is 30.5 Å². The first-order valence-electron chi connectivity index (χ1n) is 11.6. The minimum absolute atomic E-state index is 0.0614. The maximum Gasteiger partial charge on any atom is 0.268 e. The molecule has 1 aliphatic heterocycles. The van der Waals surface area contributed by atoms with Crippen molar-refractivity contribution in [3.05, 3.63) is 71.9 Å². The molecule has 5 rings (SSSR count). The van der Waals surface area contributed by atoms with Crippen molar-refractivity contribution < 1.29 is 13.2 Å². The molecule has 2 aromatic carbocycles. The van der Waals surface area contributed by atoms with E-state index in [1.165, 1.54) is 16.0 Å². The largest absolute Gasteiger partial charge is 0.497 e. The van der Waals surface area contributed by atoms with Crippen molar-refractivity contribution in [1.29, 1.82) is 0 Å². The zero-order valence-corrected chi connectivity index (χ0v) is 20.5. The third-order valence-electron chi connectivity index (χ3n) is 7.73. The normalized spacial score (nSPS) is 24.5. The number of methoxy groups -OCH3 is 1. The zero-order valence-electron chi connectivity index (χ0n) is 19.7. The highest BCUT2D eigenvalue weighted by atomic mass is 32.2. The minimum atomic E-state index is -3.73. The second-order valence-electron chi connectivity index (χ2n) is 10.0. The molecule has 1 saturated heterocycles. The molecular formula is C27H32N2O3S. The highest BCUT2D eigenvalue weighted by Crippen LogP contribution is 2.43. The maximum atomic E-state index is 13.6. The lowest BCUT2D eigenvalue weighted by Crippen LogP contribution is -2.60. The Hall–Kier alpha value is -2.57. The van der Waals surface area contributed by atoms with Crippen molar-refractivity contribution in [2.75, 3.05) is 7.11 Å². The molecule has 2 aliphatic rings. The molecule has 5 nitrogen and oxygen atoms in total. The van der Waals surface area contributed by atoms with E-state index in [0.29, 0.717) is 23.1 Å². The lowest BCUT2D eigenvalue weighted by atomic mass is 9.66. The molecule has 0 amide bonds. The van der Waals surface area contributed by atoms with Gasteiger partial charge in [-0.2, -0.15) is 0 Å². The van der Waals surface area contributed by atoms with Gasteiger partial charge in [0.05, 0.1) is 17.5 Å². The van der Waals surface area contributed by atoms with Crippen molar-refractivity contribution in [2.45, 2.75) is 56.5 Å². The molecule has 3 aromatic rings. The fraction of sp³-hybridized carbons (Fsp3) is 0.407. The van der Waals surface area contributed by atoms with Crippen LogP contribution in [0.5, 0.6) is 5.75 Å². The summed E-state index contributed by atoms with van der Waals surface area (Å²) in [5, 5.41) is 4.91. The van der Waals surface area contributed by atoms with Crippen LogP contribution >= 0.6 is 0 Å². The summed E-state index contributed by atoms with van der Waals surface area (Å²) >= 11 is 0. The second-order valence-corrected chi connectivity index (χ2v) is 11.9. The van der Waals surface area contributed by atoms with Gasteiger partial charge in [0.25, 0.3) is 10.0 Å². The molecule has 6 heteroatoms. The Kier molecular flexibility index (Phi) is 5.41. The molecule has 0 saturated carbocycles. The van der Waals surface area contributed by atoms with Gasteiger partial charge in [-0.3, -0.25) is 0 Å². The first-order valence-corrected chi connectivity index (χ1v) is 13.1. The molecule has 174 valence electrons. The number of nitrogens with one attached hydrogen (secondary N) is 1. The number of rotatable bonds is 5. The van der Waals surface area contributed by atoms with Crippen LogP contribution in [0, 0.1) is 11.8 Å². The first kappa shape index (κ1) is 22.2. The van der Waals surface area contributed by atoms with Crippen molar-refractivity contribution >= 4 is 20.9 Å². The van der Waals surface area contributed by atoms with E-state index in [9.17, 15) is 8.42 Å². The van der Waals surface area contributed by atoms with Crippen LogP contribution in [-0.2, 0) is 16.4 Å². The zero-order chi connectivity index (χ0) is 23.4. The number of piperidine rings is 1. The van der Waals surface area contributed by atoms with Crippen LogP contribution in [0.25, 0.3) is 10.9 Å². The van der Waals surface area contributed by atoms with Gasteiger partial charge in [-0.1, -0.05) is 29.8 Å². The Balaban J connectivity index is 1.55. The van der Waals surface area contributed by atoms with Crippen molar-refractivity contribution in [3.8, 4) is 5.75 Å². The smallest absolute Gasteiger partial charge is 0.268 e. The van der Waals surface area contributed by atoms with Gasteiger partial charge in [0.15, 0.2) is 0 Å². The third-order valence-corrected chi connectivity index (χ3v) is 9.42. The number of hydrogen-bond donors (Lipinski definition) is 1. The fourth-order valence-electron chi connectivity index (χ4n) is 5.71. The van der Waals surface area contributed by atoms with Crippen LogP contribution in [0.3, 0.4) is 0 Å². The van der Waals surface area contributed by atoms with E-state index in [-0.39, 0.29) is 16.5 Å². The Morgan fingerprint density at radius 3 is 2.58 bits per heavy atom. The van der Waals surface area contributed by atoms with Crippen LogP contribution in [0.2, 0.25) is 0 Å². The Bertz CT molecular complexity index is 1320. The molecule has 0 radical (unpaired) electrons. The van der Waals surface area contributed by atoms with Crippen molar-refractivity contribution in [2.24, 2.45) is 11.8 Å². The summed E-state index contributed by atoms with van der Waals surface area (Å²) in [6.07, 6.45) is 7.35. The number of fused-ring (bicyclic) bond motifs is 3. The maximum absolute atomic E-state index is 13.6. The molecule has 0 spiro atoms. The topological polar surface area (TPSA) is 60.3 Å². The quantitative estimate of drug-likeness (QED) is 0.531. The molecule has 1 N–H and O–H groups in total. The average Bonchev–Trinajstić information content (AvgIpc) is 3.17. The molecule has 2 bridgehead atoms. The average molecular weight is 465 g/mol. The number of nitrogens with zero attached hydrogens (tertiary/aromatic N) is 1. The predicted octanol–water partition coefficient (Wildman–Crippen LogP) is 5.15. The highest BCUT2D eigenvalue weighted by molar-refractivity contribution is 7.90. The minimum Gasteiger partial charge on any atom is -0.497 e. The molecular weight excluding hydrogens is 432 g/mol. The number of allylic oxidation sites excluding steroid dienone is 1. The Morgan fingerprint density at radius 2 is 1.85 bits per heavy atom. The standard InChI is InChI=1S/C27H32N2O3S/c1-18-9-10-20-16-24(18)25(28-27(20,2)3)15-19-17-29(26-8-6-5-7-23(19)26)33(30,31)22-13-11-21(32-4)12-14-22/h5-9,11-14,17,20,24-25,28H,10,15-16H2,1-4H3. The van der Waals surface area contributed by atoms with Crippen molar-refractivity contribution in [3.63, 3.8) is 0 Å². The summed E-state index contributed by atoms with van der Waals surface area (Å²) in [5.74, 6) is 1.75. The van der Waals surface area contributed by atoms with Gasteiger partial charge >= 0.3 is 0 Å². The van der Waals surface area contributed by atoms with Crippen LogP contribution in [-0.4, -0.2) is 31.1 Å². The third kappa shape index (κ3) is 3.79. The monoisotopic (exact) mass is 464 g/mol. The molecule has 3 atom stereocenters. The summed E-state index contributed by atoms with van der Waals surface area (Å²) in [4.78, 5) is 0.251. The number of ether oxygens (including phenoxy) is 1. The molecule has 33 heavy (non-hydrogen) atoms. The Morgan fingerprint density at radius 1 is 1.12 bits per heavy atom. The summed E-state index contributed by atoms with van der Waals surface area (Å²) in [6.45, 7) is 6.84. The van der Waals surface area contributed by atoms with Crippen LogP contribution in [0.1, 0.15) is 39.2 Å². The lowest BCUT2D eigenvalue weighted by molar-refractivity contribution is 0.109. The van der Waals surface area contributed by atoms with E-state index in [4.69, 9.17) is 4.74 Å². The number of benzene rings is 2. The van der Waals surface area contributed by atoms with Crippen molar-refractivity contribution in [1.82, 2.24) is 9.29 Å². The molecule has 3 unspecified atom stereocenters. The van der Waals surface area contributed by atoms with Crippen LogP contribution in [0.15, 0.2) is 71.3 Å². The Labute approximate surface area is 196 Å². The van der Waals surface area contributed by atoms with Crippen LogP contribution in [0.4, 0.5) is 0 Å². The molecule has 2 heterocycles. The summed E-state index contributed by atoms with van der Waals surface area (Å²) in [6, 6.07) is 14.6. The summed E-state index contributed by atoms with van der Waals surface area (Å²) < 4.78 is 33.8. The van der Waals surface area contributed by atoms with E-state index in [2.05, 4.69) is 32.2 Å². The highest BCUT2D eigenvalue weighted by Gasteiger charge is 2.43. The van der Waals surface area contributed by atoms with E-state index in [1.54, 1.807) is 31.4 Å². The van der Waals surface area contributed by atoms with Gasteiger partial charge in [0.1, 0.15) is 5.75 Å². The van der Waals surface area contributed by atoms with Gasteiger partial charge in [-0.05, 0) is 87.8 Å². The summed E-state index contributed by atoms with van der Waals surface area (Å²) in [7, 11) is -2.16. The number of aromatic nitrogens is 1.